The van der Waals surface area contributed by atoms with Crippen molar-refractivity contribution in [2.45, 2.75) is 20.3 Å². The largest absolute Gasteiger partial charge is 0.321 e. The molecule has 0 aliphatic carbocycles. The third-order valence-corrected chi connectivity index (χ3v) is 3.90. The summed E-state index contributed by atoms with van der Waals surface area (Å²) in [5.41, 5.74) is 3.51. The van der Waals surface area contributed by atoms with Crippen molar-refractivity contribution in [3.8, 4) is 0 Å². The highest BCUT2D eigenvalue weighted by atomic mass is 35.5. The molecule has 0 spiro atoms. The molecule has 104 valence electrons. The molecule has 2 aromatic rings. The van der Waals surface area contributed by atoms with Gasteiger partial charge >= 0.3 is 0 Å². The van der Waals surface area contributed by atoms with Crippen LogP contribution < -0.4 is 5.32 Å². The number of anilines is 1. The molecule has 4 heteroatoms. The number of halogens is 2. The first-order valence-corrected chi connectivity index (χ1v) is 7.13. The Morgan fingerprint density at radius 2 is 1.90 bits per heavy atom. The average molecular weight is 308 g/mol. The van der Waals surface area contributed by atoms with Gasteiger partial charge in [-0.15, -0.1) is 0 Å². The summed E-state index contributed by atoms with van der Waals surface area (Å²) in [5, 5.41) is 3.77. The summed E-state index contributed by atoms with van der Waals surface area (Å²) < 4.78 is 0. The first-order chi connectivity index (χ1) is 9.52. The maximum Gasteiger partial charge on any atom is 0.255 e. The molecule has 20 heavy (non-hydrogen) atoms. The Morgan fingerprint density at radius 3 is 2.55 bits per heavy atom. The van der Waals surface area contributed by atoms with E-state index in [1.165, 1.54) is 0 Å². The zero-order valence-corrected chi connectivity index (χ0v) is 12.8. The van der Waals surface area contributed by atoms with Crippen LogP contribution in [-0.2, 0) is 6.42 Å². The van der Waals surface area contributed by atoms with Crippen LogP contribution in [0.5, 0.6) is 0 Å². The van der Waals surface area contributed by atoms with Crippen molar-refractivity contribution >= 4 is 34.8 Å². The number of carbonyl (C=O) groups is 1. The van der Waals surface area contributed by atoms with Gasteiger partial charge in [0.15, 0.2) is 0 Å². The first kappa shape index (κ1) is 14.9. The molecule has 0 fully saturated rings. The summed E-state index contributed by atoms with van der Waals surface area (Å²) >= 11 is 11.8. The molecule has 0 saturated heterocycles. The van der Waals surface area contributed by atoms with Gasteiger partial charge in [0.2, 0.25) is 0 Å². The van der Waals surface area contributed by atoms with Crippen molar-refractivity contribution in [1.82, 2.24) is 0 Å². The summed E-state index contributed by atoms with van der Waals surface area (Å²) in [7, 11) is 0. The zero-order chi connectivity index (χ0) is 14.7. The lowest BCUT2D eigenvalue weighted by Gasteiger charge is -2.13. The molecule has 2 rings (SSSR count). The predicted octanol–water partition coefficient (Wildman–Crippen LogP) is 5.12. The van der Waals surface area contributed by atoms with Crippen LogP contribution in [0, 0.1) is 6.92 Å². The number of benzene rings is 2. The second-order valence-electron chi connectivity index (χ2n) is 4.55. The molecular weight excluding hydrogens is 293 g/mol. The second-order valence-corrected chi connectivity index (χ2v) is 5.36. The van der Waals surface area contributed by atoms with Crippen LogP contribution in [0.2, 0.25) is 10.0 Å². The smallest absolute Gasteiger partial charge is 0.255 e. The molecule has 1 amide bonds. The molecule has 2 nitrogen and oxygen atoms in total. The van der Waals surface area contributed by atoms with Crippen molar-refractivity contribution in [3.05, 3.63) is 63.1 Å². The van der Waals surface area contributed by atoms with Gasteiger partial charge in [-0.1, -0.05) is 48.3 Å². The highest BCUT2D eigenvalue weighted by molar-refractivity contribution is 6.42. The van der Waals surface area contributed by atoms with Gasteiger partial charge in [-0.2, -0.15) is 0 Å². The SMILES string of the molecule is CCc1cccc(C)c1NC(=O)c1ccc(Cl)c(Cl)c1. The van der Waals surface area contributed by atoms with Crippen molar-refractivity contribution in [2.75, 3.05) is 5.32 Å². The fourth-order valence-electron chi connectivity index (χ4n) is 2.03. The minimum absolute atomic E-state index is 0.187. The van der Waals surface area contributed by atoms with Gasteiger partial charge in [0.05, 0.1) is 10.0 Å². The van der Waals surface area contributed by atoms with Crippen LogP contribution in [0.1, 0.15) is 28.4 Å². The maximum absolute atomic E-state index is 12.3. The van der Waals surface area contributed by atoms with Crippen molar-refractivity contribution in [2.24, 2.45) is 0 Å². The van der Waals surface area contributed by atoms with Crippen molar-refractivity contribution in [3.63, 3.8) is 0 Å². The fraction of sp³-hybridized carbons (Fsp3) is 0.188. The lowest BCUT2D eigenvalue weighted by molar-refractivity contribution is 0.102. The Bertz CT molecular complexity index is 653. The van der Waals surface area contributed by atoms with Crippen LogP contribution in [-0.4, -0.2) is 5.91 Å². The van der Waals surface area contributed by atoms with E-state index in [0.717, 1.165) is 23.2 Å². The van der Waals surface area contributed by atoms with Crippen LogP contribution in [0.4, 0.5) is 5.69 Å². The van der Waals surface area contributed by atoms with E-state index in [-0.39, 0.29) is 5.91 Å². The quantitative estimate of drug-likeness (QED) is 0.838. The van der Waals surface area contributed by atoms with Gasteiger partial charge in [-0.25, -0.2) is 0 Å². The molecule has 1 N–H and O–H groups in total. The minimum atomic E-state index is -0.187. The van der Waals surface area contributed by atoms with Gasteiger partial charge in [0.1, 0.15) is 0 Å². The normalized spacial score (nSPS) is 10.4. The van der Waals surface area contributed by atoms with Crippen molar-refractivity contribution < 1.29 is 4.79 Å². The van der Waals surface area contributed by atoms with Crippen LogP contribution in [0.25, 0.3) is 0 Å². The van der Waals surface area contributed by atoms with Gasteiger partial charge < -0.3 is 5.32 Å². The van der Waals surface area contributed by atoms with E-state index >= 15 is 0 Å². The molecule has 0 saturated carbocycles. The molecule has 2 aromatic carbocycles. The number of nitrogens with one attached hydrogen (secondary N) is 1. The topological polar surface area (TPSA) is 29.1 Å². The minimum Gasteiger partial charge on any atom is -0.321 e. The van der Waals surface area contributed by atoms with E-state index in [9.17, 15) is 4.79 Å². The lowest BCUT2D eigenvalue weighted by Crippen LogP contribution is -2.14. The number of hydrogen-bond donors (Lipinski definition) is 1. The number of rotatable bonds is 3. The Hall–Kier alpha value is -1.51. The van der Waals surface area contributed by atoms with Crippen LogP contribution in [0.15, 0.2) is 36.4 Å². The molecular formula is C16H15Cl2NO. The fourth-order valence-corrected chi connectivity index (χ4v) is 2.32. The molecule has 0 radical (unpaired) electrons. The standard InChI is InChI=1S/C16H15Cl2NO/c1-3-11-6-4-5-10(2)15(11)19-16(20)12-7-8-13(17)14(18)9-12/h4-9H,3H2,1-2H3,(H,19,20). The molecule has 0 unspecified atom stereocenters. The van der Waals surface area contributed by atoms with E-state index in [1.807, 2.05) is 25.1 Å². The second kappa shape index (κ2) is 6.29. The average Bonchev–Trinajstić information content (AvgIpc) is 2.44. The highest BCUT2D eigenvalue weighted by Gasteiger charge is 2.11. The number of aryl methyl sites for hydroxylation is 2. The van der Waals surface area contributed by atoms with E-state index in [0.29, 0.717) is 15.6 Å². The summed E-state index contributed by atoms with van der Waals surface area (Å²) in [6.07, 6.45) is 0.860. The third-order valence-electron chi connectivity index (χ3n) is 3.16. The Labute approximate surface area is 128 Å². The lowest BCUT2D eigenvalue weighted by atomic mass is 10.1. The summed E-state index contributed by atoms with van der Waals surface area (Å²) in [6.45, 7) is 4.03. The monoisotopic (exact) mass is 307 g/mol. The number of para-hydroxylation sites is 1. The molecule has 0 aliphatic rings. The molecule has 0 aromatic heterocycles. The number of amides is 1. The molecule has 0 bridgehead atoms. The zero-order valence-electron chi connectivity index (χ0n) is 11.3. The Kier molecular flexibility index (Phi) is 4.69. The Balaban J connectivity index is 2.30. The van der Waals surface area contributed by atoms with Crippen molar-refractivity contribution in [1.29, 1.82) is 0 Å². The maximum atomic E-state index is 12.3. The first-order valence-electron chi connectivity index (χ1n) is 6.37. The predicted molar refractivity (Wildman–Crippen MR) is 85.0 cm³/mol. The van der Waals surface area contributed by atoms with Crippen LogP contribution in [0.3, 0.4) is 0 Å². The van der Waals surface area contributed by atoms with E-state index in [4.69, 9.17) is 23.2 Å². The molecule has 0 atom stereocenters. The van der Waals surface area contributed by atoms with Crippen LogP contribution >= 0.6 is 23.2 Å². The van der Waals surface area contributed by atoms with E-state index in [1.54, 1.807) is 18.2 Å². The summed E-state index contributed by atoms with van der Waals surface area (Å²) in [5.74, 6) is -0.187. The number of hydrogen-bond acceptors (Lipinski definition) is 1. The third kappa shape index (κ3) is 3.14. The highest BCUT2D eigenvalue weighted by Crippen LogP contribution is 2.25. The molecule has 0 heterocycles. The summed E-state index contributed by atoms with van der Waals surface area (Å²) in [6, 6.07) is 10.8. The molecule has 0 aliphatic heterocycles. The van der Waals surface area contributed by atoms with Gasteiger partial charge in [0.25, 0.3) is 5.91 Å². The van der Waals surface area contributed by atoms with Gasteiger partial charge in [-0.05, 0) is 42.7 Å². The van der Waals surface area contributed by atoms with Gasteiger partial charge in [0, 0.05) is 11.3 Å². The van der Waals surface area contributed by atoms with E-state index in [2.05, 4.69) is 12.2 Å². The summed E-state index contributed by atoms with van der Waals surface area (Å²) in [4.78, 5) is 12.3. The Morgan fingerprint density at radius 1 is 1.15 bits per heavy atom. The van der Waals surface area contributed by atoms with Gasteiger partial charge in [-0.3, -0.25) is 4.79 Å². The number of carbonyl (C=O) groups excluding carboxylic acids is 1. The van der Waals surface area contributed by atoms with E-state index < -0.39 is 0 Å².